The third-order valence-corrected chi connectivity index (χ3v) is 8.13. The fourth-order valence-corrected chi connectivity index (χ4v) is 7.06. The van der Waals surface area contributed by atoms with Crippen LogP contribution < -0.4 is 5.32 Å². The zero-order valence-electron chi connectivity index (χ0n) is 16.6. The molecule has 4 nitrogen and oxygen atoms in total. The second-order valence-electron chi connectivity index (χ2n) is 9.83. The number of rotatable bonds is 3. The molecule has 156 valence electrons. The molecule has 1 aliphatic heterocycles. The fourth-order valence-electron chi connectivity index (χ4n) is 6.81. The van der Waals surface area contributed by atoms with Gasteiger partial charge in [-0.25, -0.2) is 4.39 Å². The van der Waals surface area contributed by atoms with Gasteiger partial charge in [-0.05, 0) is 81.3 Å². The molecule has 1 N–H and O–H groups in total. The van der Waals surface area contributed by atoms with Gasteiger partial charge < -0.3 is 10.2 Å². The van der Waals surface area contributed by atoms with Gasteiger partial charge in [0.05, 0.1) is 10.6 Å². The average molecular weight is 419 g/mol. The Morgan fingerprint density at radius 1 is 1.03 bits per heavy atom. The third-order valence-electron chi connectivity index (χ3n) is 7.81. The number of amides is 2. The molecular formula is C23H28ClFN2O2. The van der Waals surface area contributed by atoms with Crippen LogP contribution in [0.1, 0.15) is 61.7 Å². The van der Waals surface area contributed by atoms with E-state index in [0.717, 1.165) is 37.0 Å². The molecule has 2 amide bonds. The van der Waals surface area contributed by atoms with Crippen LogP contribution in [0.25, 0.3) is 0 Å². The largest absolute Gasteiger partial charge is 0.353 e. The van der Waals surface area contributed by atoms with Gasteiger partial charge in [-0.1, -0.05) is 17.7 Å². The summed E-state index contributed by atoms with van der Waals surface area (Å²) in [7, 11) is 0. The fraction of sp³-hybridized carbons (Fsp3) is 0.652. The van der Waals surface area contributed by atoms with Crippen LogP contribution in [0.3, 0.4) is 0 Å². The van der Waals surface area contributed by atoms with E-state index in [1.54, 1.807) is 4.90 Å². The summed E-state index contributed by atoms with van der Waals surface area (Å²) in [5.74, 6) is 1.54. The lowest BCUT2D eigenvalue weighted by Crippen LogP contribution is -2.56. The van der Waals surface area contributed by atoms with Gasteiger partial charge in [-0.2, -0.15) is 0 Å². The zero-order chi connectivity index (χ0) is 20.2. The molecule has 6 heteroatoms. The summed E-state index contributed by atoms with van der Waals surface area (Å²) in [6.45, 7) is 1.02. The summed E-state index contributed by atoms with van der Waals surface area (Å²) in [4.78, 5) is 27.6. The van der Waals surface area contributed by atoms with E-state index >= 15 is 0 Å². The highest BCUT2D eigenvalue weighted by molar-refractivity contribution is 6.33. The van der Waals surface area contributed by atoms with Crippen molar-refractivity contribution in [2.24, 2.45) is 23.2 Å². The Bertz CT molecular complexity index is 779. The first-order valence-corrected chi connectivity index (χ1v) is 11.4. The Hall–Kier alpha value is -1.62. The summed E-state index contributed by atoms with van der Waals surface area (Å²) in [6.07, 6.45) is 8.57. The molecule has 0 aromatic heterocycles. The van der Waals surface area contributed by atoms with Crippen molar-refractivity contribution in [1.82, 2.24) is 10.2 Å². The molecule has 6 rings (SSSR count). The summed E-state index contributed by atoms with van der Waals surface area (Å²) in [5.41, 5.74) is -0.187. The summed E-state index contributed by atoms with van der Waals surface area (Å²) >= 11 is 6.05. The molecule has 1 saturated heterocycles. The molecular weight excluding hydrogens is 391 g/mol. The first-order valence-electron chi connectivity index (χ1n) is 11.0. The molecule has 0 spiro atoms. The lowest BCUT2D eigenvalue weighted by Gasteiger charge is -2.56. The van der Waals surface area contributed by atoms with Crippen molar-refractivity contribution in [1.29, 1.82) is 0 Å². The quantitative estimate of drug-likeness (QED) is 0.790. The van der Waals surface area contributed by atoms with E-state index < -0.39 is 5.82 Å². The SMILES string of the molecule is O=C(c1c(F)cccc1Cl)N1CCC(NC(=O)C23CC4CC(CC(C4)C2)C3)CC1. The third kappa shape index (κ3) is 3.45. The van der Waals surface area contributed by atoms with Crippen LogP contribution in [-0.4, -0.2) is 35.8 Å². The van der Waals surface area contributed by atoms with E-state index in [0.29, 0.717) is 25.9 Å². The zero-order valence-corrected chi connectivity index (χ0v) is 17.4. The van der Waals surface area contributed by atoms with Crippen LogP contribution in [0.15, 0.2) is 18.2 Å². The number of hydrogen-bond acceptors (Lipinski definition) is 2. The van der Waals surface area contributed by atoms with Gasteiger partial charge in [0.25, 0.3) is 5.91 Å². The molecule has 0 unspecified atom stereocenters. The van der Waals surface area contributed by atoms with Crippen molar-refractivity contribution in [2.75, 3.05) is 13.1 Å². The number of halogens is 2. The molecule has 4 aliphatic carbocycles. The maximum Gasteiger partial charge on any atom is 0.258 e. The van der Waals surface area contributed by atoms with Crippen LogP contribution in [-0.2, 0) is 4.79 Å². The van der Waals surface area contributed by atoms with E-state index in [1.165, 1.54) is 37.5 Å². The molecule has 1 aromatic rings. The number of hydrogen-bond donors (Lipinski definition) is 1. The first kappa shape index (κ1) is 19.3. The highest BCUT2D eigenvalue weighted by Crippen LogP contribution is 2.60. The second-order valence-corrected chi connectivity index (χ2v) is 10.2. The number of likely N-dealkylation sites (tertiary alicyclic amines) is 1. The molecule has 5 fully saturated rings. The molecule has 0 radical (unpaired) electrons. The Morgan fingerprint density at radius 2 is 1.62 bits per heavy atom. The highest BCUT2D eigenvalue weighted by atomic mass is 35.5. The van der Waals surface area contributed by atoms with E-state index in [-0.39, 0.29) is 33.9 Å². The average Bonchev–Trinajstić information content (AvgIpc) is 2.67. The highest BCUT2D eigenvalue weighted by Gasteiger charge is 2.54. The Morgan fingerprint density at radius 3 is 2.17 bits per heavy atom. The van der Waals surface area contributed by atoms with E-state index in [2.05, 4.69) is 5.32 Å². The standard InChI is InChI=1S/C23H28ClFN2O2/c24-18-2-1-3-19(25)20(18)21(28)27-6-4-17(5-7-27)26-22(29)23-11-14-8-15(12-23)10-16(9-14)13-23/h1-3,14-17H,4-13H2,(H,26,29). The number of nitrogens with zero attached hydrogens (tertiary/aromatic N) is 1. The summed E-state index contributed by atoms with van der Waals surface area (Å²) in [5, 5.41) is 3.47. The van der Waals surface area contributed by atoms with Crippen LogP contribution in [0.4, 0.5) is 4.39 Å². The Kier molecular flexibility index (Phi) is 4.84. The number of carbonyl (C=O) groups is 2. The predicted octanol–water partition coefficient (Wildman–Crippen LogP) is 4.42. The second kappa shape index (κ2) is 7.26. The normalized spacial score (nSPS) is 33.7. The minimum atomic E-state index is -0.584. The first-order chi connectivity index (χ1) is 13.9. The van der Waals surface area contributed by atoms with Crippen LogP contribution in [0, 0.1) is 29.0 Å². The summed E-state index contributed by atoms with van der Waals surface area (Å²) < 4.78 is 14.1. The van der Waals surface area contributed by atoms with Gasteiger partial charge in [0.15, 0.2) is 0 Å². The van der Waals surface area contributed by atoms with Gasteiger partial charge in [0.1, 0.15) is 5.82 Å². The van der Waals surface area contributed by atoms with Crippen molar-refractivity contribution in [2.45, 2.75) is 57.4 Å². The minimum Gasteiger partial charge on any atom is -0.353 e. The predicted molar refractivity (Wildman–Crippen MR) is 109 cm³/mol. The van der Waals surface area contributed by atoms with Gasteiger partial charge in [0.2, 0.25) is 5.91 Å². The number of nitrogens with one attached hydrogen (secondary N) is 1. The van der Waals surface area contributed by atoms with Gasteiger partial charge in [0, 0.05) is 24.5 Å². The van der Waals surface area contributed by atoms with E-state index in [9.17, 15) is 14.0 Å². The smallest absolute Gasteiger partial charge is 0.258 e. The minimum absolute atomic E-state index is 0.0507. The van der Waals surface area contributed by atoms with Crippen molar-refractivity contribution >= 4 is 23.4 Å². The maximum atomic E-state index is 14.1. The lowest BCUT2D eigenvalue weighted by atomic mass is 9.49. The maximum absolute atomic E-state index is 14.1. The molecule has 0 atom stereocenters. The topological polar surface area (TPSA) is 49.4 Å². The van der Waals surface area contributed by atoms with Crippen molar-refractivity contribution in [3.05, 3.63) is 34.6 Å². The molecule has 1 heterocycles. The van der Waals surface area contributed by atoms with Gasteiger partial charge >= 0.3 is 0 Å². The molecule has 1 aromatic carbocycles. The van der Waals surface area contributed by atoms with E-state index in [1.807, 2.05) is 0 Å². The van der Waals surface area contributed by atoms with E-state index in [4.69, 9.17) is 11.6 Å². The molecule has 4 saturated carbocycles. The van der Waals surface area contributed by atoms with Crippen molar-refractivity contribution in [3.63, 3.8) is 0 Å². The molecule has 29 heavy (non-hydrogen) atoms. The summed E-state index contributed by atoms with van der Waals surface area (Å²) in [6, 6.07) is 4.39. The Balaban J connectivity index is 1.19. The van der Waals surface area contributed by atoms with Crippen molar-refractivity contribution < 1.29 is 14.0 Å². The number of piperidine rings is 1. The van der Waals surface area contributed by atoms with Crippen LogP contribution >= 0.6 is 11.6 Å². The van der Waals surface area contributed by atoms with Crippen LogP contribution in [0.2, 0.25) is 5.02 Å². The monoisotopic (exact) mass is 418 g/mol. The van der Waals surface area contributed by atoms with Gasteiger partial charge in [-0.15, -0.1) is 0 Å². The molecule has 4 bridgehead atoms. The molecule has 5 aliphatic rings. The lowest BCUT2D eigenvalue weighted by molar-refractivity contribution is -0.147. The Labute approximate surface area is 176 Å². The van der Waals surface area contributed by atoms with Crippen molar-refractivity contribution in [3.8, 4) is 0 Å². The van der Waals surface area contributed by atoms with Crippen LogP contribution in [0.5, 0.6) is 0 Å². The van der Waals surface area contributed by atoms with Gasteiger partial charge in [-0.3, -0.25) is 9.59 Å². The number of benzene rings is 1. The number of carbonyl (C=O) groups excluding carboxylic acids is 2.